The zero-order valence-electron chi connectivity index (χ0n) is 11.5. The van der Waals surface area contributed by atoms with Crippen LogP contribution in [-0.2, 0) is 9.59 Å². The van der Waals surface area contributed by atoms with Crippen LogP contribution in [0.15, 0.2) is 0 Å². The largest absolute Gasteiger partial charge is 0.355 e. The fourth-order valence-corrected chi connectivity index (χ4v) is 2.42. The van der Waals surface area contributed by atoms with Crippen LogP contribution in [-0.4, -0.2) is 24.9 Å². The molecule has 1 saturated carbocycles. The molecule has 1 aliphatic rings. The Morgan fingerprint density at radius 2 is 1.20 bits per heavy atom. The first-order valence-corrected chi connectivity index (χ1v) is 6.93. The number of carbonyl (C=O) groups is 2. The zero-order valence-corrected chi connectivity index (χ0v) is 11.5. The summed E-state index contributed by atoms with van der Waals surface area (Å²) in [7, 11) is 0. The molecule has 0 saturated heterocycles. The molecule has 6 nitrogen and oxygen atoms in total. The van der Waals surface area contributed by atoms with Crippen LogP contribution >= 0.6 is 0 Å². The van der Waals surface area contributed by atoms with Crippen molar-refractivity contribution in [2.24, 2.45) is 11.8 Å². The Bertz CT molecular complexity index is 374. The molecule has 6 heteroatoms. The van der Waals surface area contributed by atoms with E-state index in [1.54, 1.807) is 0 Å². The van der Waals surface area contributed by atoms with Gasteiger partial charge >= 0.3 is 0 Å². The van der Waals surface area contributed by atoms with Crippen molar-refractivity contribution >= 4 is 11.8 Å². The van der Waals surface area contributed by atoms with Gasteiger partial charge in [0.25, 0.3) is 0 Å². The number of nitrogens with one attached hydrogen (secondary N) is 2. The first-order chi connectivity index (χ1) is 9.65. The minimum Gasteiger partial charge on any atom is -0.355 e. The van der Waals surface area contributed by atoms with Crippen LogP contribution < -0.4 is 10.6 Å². The summed E-state index contributed by atoms with van der Waals surface area (Å²) in [5, 5.41) is 22.3. The molecule has 1 fully saturated rings. The third kappa shape index (κ3) is 6.19. The molecule has 0 spiro atoms. The summed E-state index contributed by atoms with van der Waals surface area (Å²) in [4.78, 5) is 22.4. The van der Waals surface area contributed by atoms with E-state index in [0.29, 0.717) is 24.9 Å². The molecule has 1 rings (SSSR count). The zero-order chi connectivity index (χ0) is 14.8. The summed E-state index contributed by atoms with van der Waals surface area (Å²) in [5.74, 6) is 0.504. The number of nitrogens with zero attached hydrogens (tertiary/aromatic N) is 2. The van der Waals surface area contributed by atoms with E-state index in [0.717, 1.165) is 25.7 Å². The Labute approximate surface area is 119 Å². The monoisotopic (exact) mass is 276 g/mol. The smallest absolute Gasteiger partial charge is 0.234 e. The van der Waals surface area contributed by atoms with Crippen molar-refractivity contribution in [2.75, 3.05) is 13.1 Å². The standard InChI is InChI=1S/C14H20N4O2/c15-7-5-13(19)17-9-11-1-2-12(4-3-11)10-18-14(20)6-8-16/h11-12H,1-6,9-10H2,(H,17,19)(H,18,20). The minimum atomic E-state index is -0.210. The van der Waals surface area contributed by atoms with Crippen LogP contribution in [0.2, 0.25) is 0 Å². The van der Waals surface area contributed by atoms with Crippen molar-refractivity contribution < 1.29 is 9.59 Å². The highest BCUT2D eigenvalue weighted by Crippen LogP contribution is 2.27. The summed E-state index contributed by atoms with van der Waals surface area (Å²) in [6.07, 6.45) is 3.91. The lowest BCUT2D eigenvalue weighted by Gasteiger charge is -2.28. The maximum atomic E-state index is 11.2. The first-order valence-electron chi connectivity index (χ1n) is 6.93. The summed E-state index contributed by atoms with van der Waals surface area (Å²) < 4.78 is 0. The lowest BCUT2D eigenvalue weighted by Crippen LogP contribution is -2.34. The van der Waals surface area contributed by atoms with E-state index in [1.807, 2.05) is 12.1 Å². The van der Waals surface area contributed by atoms with Crippen molar-refractivity contribution in [1.29, 1.82) is 10.5 Å². The average Bonchev–Trinajstić information content (AvgIpc) is 2.45. The van der Waals surface area contributed by atoms with E-state index in [2.05, 4.69) is 10.6 Å². The molecular formula is C14H20N4O2. The summed E-state index contributed by atoms with van der Waals surface area (Å²) in [6, 6.07) is 3.65. The van der Waals surface area contributed by atoms with E-state index in [-0.39, 0.29) is 24.7 Å². The van der Waals surface area contributed by atoms with Crippen LogP contribution in [0.1, 0.15) is 38.5 Å². The Morgan fingerprint density at radius 3 is 1.50 bits per heavy atom. The Morgan fingerprint density at radius 1 is 0.850 bits per heavy atom. The highest BCUT2D eigenvalue weighted by atomic mass is 16.2. The summed E-state index contributed by atoms with van der Waals surface area (Å²) in [6.45, 7) is 1.27. The quantitative estimate of drug-likeness (QED) is 0.750. The summed E-state index contributed by atoms with van der Waals surface area (Å²) in [5.41, 5.74) is 0. The van der Waals surface area contributed by atoms with Gasteiger partial charge in [0.05, 0.1) is 12.1 Å². The second kappa shape index (κ2) is 8.92. The van der Waals surface area contributed by atoms with E-state index in [1.165, 1.54) is 0 Å². The highest BCUT2D eigenvalue weighted by molar-refractivity contribution is 5.78. The third-order valence-electron chi connectivity index (χ3n) is 3.62. The van der Waals surface area contributed by atoms with Gasteiger partial charge < -0.3 is 10.6 Å². The fraction of sp³-hybridized carbons (Fsp3) is 0.714. The SMILES string of the molecule is N#CCC(=O)NCC1CCC(CNC(=O)CC#N)CC1. The lowest BCUT2D eigenvalue weighted by atomic mass is 9.82. The lowest BCUT2D eigenvalue weighted by molar-refractivity contribution is -0.121. The molecule has 2 amide bonds. The van der Waals surface area contributed by atoms with E-state index < -0.39 is 0 Å². The van der Waals surface area contributed by atoms with Crippen molar-refractivity contribution in [3.05, 3.63) is 0 Å². The molecule has 0 aliphatic heterocycles. The molecule has 2 N–H and O–H groups in total. The van der Waals surface area contributed by atoms with Gasteiger partial charge in [-0.15, -0.1) is 0 Å². The number of hydrogen-bond donors (Lipinski definition) is 2. The fourth-order valence-electron chi connectivity index (χ4n) is 2.42. The van der Waals surface area contributed by atoms with Gasteiger partial charge in [-0.3, -0.25) is 9.59 Å². The van der Waals surface area contributed by atoms with E-state index >= 15 is 0 Å². The van der Waals surface area contributed by atoms with E-state index in [4.69, 9.17) is 10.5 Å². The number of hydrogen-bond acceptors (Lipinski definition) is 4. The Hall–Kier alpha value is -2.08. The molecular weight excluding hydrogens is 256 g/mol. The molecule has 0 heterocycles. The summed E-state index contributed by atoms with van der Waals surface area (Å²) >= 11 is 0. The molecule has 0 bridgehead atoms. The molecule has 0 aromatic heterocycles. The Balaban J connectivity index is 2.14. The molecule has 1 aliphatic carbocycles. The second-order valence-electron chi connectivity index (χ2n) is 5.16. The predicted molar refractivity (Wildman–Crippen MR) is 71.9 cm³/mol. The molecule has 0 aromatic rings. The highest BCUT2D eigenvalue weighted by Gasteiger charge is 2.21. The van der Waals surface area contributed by atoms with Crippen molar-refractivity contribution in [3.8, 4) is 12.1 Å². The molecule has 20 heavy (non-hydrogen) atoms. The molecule has 0 radical (unpaired) electrons. The number of carbonyl (C=O) groups excluding carboxylic acids is 2. The van der Waals surface area contributed by atoms with Crippen LogP contribution in [0, 0.1) is 34.5 Å². The molecule has 0 unspecified atom stereocenters. The van der Waals surface area contributed by atoms with Gasteiger partial charge in [-0.05, 0) is 37.5 Å². The van der Waals surface area contributed by atoms with Crippen molar-refractivity contribution in [2.45, 2.75) is 38.5 Å². The van der Waals surface area contributed by atoms with Crippen LogP contribution in [0.25, 0.3) is 0 Å². The van der Waals surface area contributed by atoms with Crippen molar-refractivity contribution in [1.82, 2.24) is 10.6 Å². The third-order valence-corrected chi connectivity index (χ3v) is 3.62. The maximum absolute atomic E-state index is 11.2. The number of nitriles is 2. The predicted octanol–water partition coefficient (Wildman–Crippen LogP) is 0.853. The Kier molecular flexibility index (Phi) is 7.13. The maximum Gasteiger partial charge on any atom is 0.234 e. The van der Waals surface area contributed by atoms with Crippen LogP contribution in [0.5, 0.6) is 0 Å². The first kappa shape index (κ1) is 16.0. The van der Waals surface area contributed by atoms with Gasteiger partial charge in [0, 0.05) is 13.1 Å². The van der Waals surface area contributed by atoms with Gasteiger partial charge in [0.1, 0.15) is 12.8 Å². The van der Waals surface area contributed by atoms with Crippen LogP contribution in [0.3, 0.4) is 0 Å². The van der Waals surface area contributed by atoms with E-state index in [9.17, 15) is 9.59 Å². The van der Waals surface area contributed by atoms with Gasteiger partial charge in [-0.1, -0.05) is 0 Å². The molecule has 0 atom stereocenters. The van der Waals surface area contributed by atoms with Crippen LogP contribution in [0.4, 0.5) is 0 Å². The number of amides is 2. The molecule has 0 aromatic carbocycles. The normalized spacial score (nSPS) is 21.3. The van der Waals surface area contributed by atoms with Gasteiger partial charge in [0.15, 0.2) is 0 Å². The van der Waals surface area contributed by atoms with Crippen molar-refractivity contribution in [3.63, 3.8) is 0 Å². The second-order valence-corrected chi connectivity index (χ2v) is 5.16. The number of rotatable bonds is 6. The van der Waals surface area contributed by atoms with Gasteiger partial charge in [0.2, 0.25) is 11.8 Å². The minimum absolute atomic E-state index is 0.0831. The topological polar surface area (TPSA) is 106 Å². The average molecular weight is 276 g/mol. The van der Waals surface area contributed by atoms with Gasteiger partial charge in [-0.25, -0.2) is 0 Å². The molecule has 108 valence electrons. The van der Waals surface area contributed by atoms with Gasteiger partial charge in [-0.2, -0.15) is 10.5 Å².